The van der Waals surface area contributed by atoms with Crippen LogP contribution in [0.5, 0.6) is 0 Å². The first-order valence-corrected chi connectivity index (χ1v) is 6.13. The molecule has 0 aliphatic heterocycles. The highest BCUT2D eigenvalue weighted by atomic mass is 19.1. The highest BCUT2D eigenvalue weighted by Crippen LogP contribution is 2.19. The van der Waals surface area contributed by atoms with Crippen molar-refractivity contribution < 1.29 is 14.6 Å². The van der Waals surface area contributed by atoms with Gasteiger partial charge in [0.15, 0.2) is 0 Å². The van der Waals surface area contributed by atoms with Gasteiger partial charge in [-0.25, -0.2) is 4.39 Å². The Morgan fingerprint density at radius 3 is 2.44 bits per heavy atom. The SMILES string of the molecule is Cc1ccc(C(C)NCC(C)(CO)CO)cc1F. The molecule has 1 aromatic carbocycles. The van der Waals surface area contributed by atoms with Crippen molar-refractivity contribution in [3.63, 3.8) is 0 Å². The monoisotopic (exact) mass is 255 g/mol. The van der Waals surface area contributed by atoms with Crippen LogP contribution in [0.3, 0.4) is 0 Å². The Balaban J connectivity index is 2.65. The number of hydrogen-bond acceptors (Lipinski definition) is 3. The minimum atomic E-state index is -0.558. The predicted octanol–water partition coefficient (Wildman–Crippen LogP) is 1.78. The number of benzene rings is 1. The number of rotatable bonds is 6. The first-order chi connectivity index (χ1) is 8.41. The van der Waals surface area contributed by atoms with Gasteiger partial charge in [0.05, 0.1) is 13.2 Å². The van der Waals surface area contributed by atoms with Gasteiger partial charge in [-0.15, -0.1) is 0 Å². The topological polar surface area (TPSA) is 52.5 Å². The highest BCUT2D eigenvalue weighted by Gasteiger charge is 2.23. The first-order valence-electron chi connectivity index (χ1n) is 6.13. The molecule has 0 spiro atoms. The number of aliphatic hydroxyl groups is 2. The van der Waals surface area contributed by atoms with Crippen LogP contribution in [0.2, 0.25) is 0 Å². The van der Waals surface area contributed by atoms with Crippen molar-refractivity contribution in [2.24, 2.45) is 5.41 Å². The lowest BCUT2D eigenvalue weighted by molar-refractivity contribution is 0.0677. The van der Waals surface area contributed by atoms with Gasteiger partial charge in [0.2, 0.25) is 0 Å². The van der Waals surface area contributed by atoms with Gasteiger partial charge in [-0.05, 0) is 31.0 Å². The van der Waals surface area contributed by atoms with Crippen LogP contribution in [0.15, 0.2) is 18.2 Å². The van der Waals surface area contributed by atoms with Crippen molar-refractivity contribution in [3.8, 4) is 0 Å². The molecular weight excluding hydrogens is 233 g/mol. The quantitative estimate of drug-likeness (QED) is 0.726. The van der Waals surface area contributed by atoms with Gasteiger partial charge in [-0.3, -0.25) is 0 Å². The lowest BCUT2D eigenvalue weighted by Crippen LogP contribution is -2.38. The second kappa shape index (κ2) is 6.27. The second-order valence-corrected chi connectivity index (χ2v) is 5.24. The van der Waals surface area contributed by atoms with Crippen molar-refractivity contribution in [3.05, 3.63) is 35.1 Å². The molecule has 0 aliphatic carbocycles. The average molecular weight is 255 g/mol. The Kier molecular flexibility index (Phi) is 5.26. The van der Waals surface area contributed by atoms with Crippen LogP contribution in [-0.2, 0) is 0 Å². The van der Waals surface area contributed by atoms with Gasteiger partial charge in [0.25, 0.3) is 0 Å². The predicted molar refractivity (Wildman–Crippen MR) is 69.8 cm³/mol. The molecule has 0 aliphatic rings. The summed E-state index contributed by atoms with van der Waals surface area (Å²) in [4.78, 5) is 0. The Labute approximate surface area is 108 Å². The van der Waals surface area contributed by atoms with E-state index < -0.39 is 5.41 Å². The molecule has 4 heteroatoms. The average Bonchev–Trinajstić information content (AvgIpc) is 2.38. The van der Waals surface area contributed by atoms with Gasteiger partial charge in [-0.1, -0.05) is 19.1 Å². The summed E-state index contributed by atoms with van der Waals surface area (Å²) < 4.78 is 13.4. The maximum Gasteiger partial charge on any atom is 0.126 e. The fourth-order valence-electron chi connectivity index (χ4n) is 1.56. The standard InChI is InChI=1S/C14H22FNO2/c1-10-4-5-12(6-13(10)15)11(2)16-7-14(3,8-17)9-18/h4-6,11,16-18H,7-9H2,1-3H3. The molecule has 3 N–H and O–H groups in total. The summed E-state index contributed by atoms with van der Waals surface area (Å²) in [5, 5.41) is 21.6. The van der Waals surface area contributed by atoms with E-state index in [1.807, 2.05) is 13.0 Å². The lowest BCUT2D eigenvalue weighted by atomic mass is 9.92. The number of halogens is 1. The molecule has 1 aromatic rings. The second-order valence-electron chi connectivity index (χ2n) is 5.24. The summed E-state index contributed by atoms with van der Waals surface area (Å²) in [5.41, 5.74) is 0.926. The Hall–Kier alpha value is -0.970. The zero-order valence-corrected chi connectivity index (χ0v) is 11.2. The molecule has 0 heterocycles. The summed E-state index contributed by atoms with van der Waals surface area (Å²) >= 11 is 0. The van der Waals surface area contributed by atoms with Crippen LogP contribution in [0, 0.1) is 18.2 Å². The molecule has 3 nitrogen and oxygen atoms in total. The number of hydrogen-bond donors (Lipinski definition) is 3. The van der Waals surface area contributed by atoms with Gasteiger partial charge in [-0.2, -0.15) is 0 Å². The van der Waals surface area contributed by atoms with Gasteiger partial charge in [0.1, 0.15) is 5.82 Å². The molecule has 0 amide bonds. The van der Waals surface area contributed by atoms with Crippen LogP contribution >= 0.6 is 0 Å². The minimum Gasteiger partial charge on any atom is -0.396 e. The van der Waals surface area contributed by atoms with E-state index in [0.29, 0.717) is 12.1 Å². The summed E-state index contributed by atoms with van der Waals surface area (Å²) in [6.07, 6.45) is 0. The molecule has 0 radical (unpaired) electrons. The molecule has 1 unspecified atom stereocenters. The van der Waals surface area contributed by atoms with E-state index >= 15 is 0 Å². The number of aliphatic hydroxyl groups excluding tert-OH is 2. The third-order valence-electron chi connectivity index (χ3n) is 3.29. The smallest absolute Gasteiger partial charge is 0.126 e. The van der Waals surface area contributed by atoms with Gasteiger partial charge >= 0.3 is 0 Å². The summed E-state index contributed by atoms with van der Waals surface area (Å²) in [6, 6.07) is 5.12. The molecule has 18 heavy (non-hydrogen) atoms. The van der Waals surface area contributed by atoms with E-state index in [1.54, 1.807) is 19.9 Å². The number of aryl methyl sites for hydroxylation is 1. The van der Waals surface area contributed by atoms with E-state index in [-0.39, 0.29) is 25.1 Å². The van der Waals surface area contributed by atoms with Crippen LogP contribution in [0.25, 0.3) is 0 Å². The fourth-order valence-corrected chi connectivity index (χ4v) is 1.56. The number of nitrogens with one attached hydrogen (secondary N) is 1. The molecule has 0 saturated carbocycles. The Morgan fingerprint density at radius 1 is 1.33 bits per heavy atom. The van der Waals surface area contributed by atoms with E-state index in [2.05, 4.69) is 5.32 Å². The largest absolute Gasteiger partial charge is 0.396 e. The Morgan fingerprint density at radius 2 is 1.94 bits per heavy atom. The maximum absolute atomic E-state index is 13.4. The molecule has 1 rings (SSSR count). The maximum atomic E-state index is 13.4. The van der Waals surface area contributed by atoms with Crippen LogP contribution in [0.4, 0.5) is 4.39 Å². The third kappa shape index (κ3) is 3.77. The third-order valence-corrected chi connectivity index (χ3v) is 3.29. The van der Waals surface area contributed by atoms with Crippen LogP contribution < -0.4 is 5.32 Å². The van der Waals surface area contributed by atoms with Crippen LogP contribution in [0.1, 0.15) is 31.0 Å². The molecule has 0 bridgehead atoms. The van der Waals surface area contributed by atoms with Crippen molar-refractivity contribution in [1.82, 2.24) is 5.32 Å². The van der Waals surface area contributed by atoms with E-state index in [9.17, 15) is 14.6 Å². The van der Waals surface area contributed by atoms with Crippen molar-refractivity contribution in [2.45, 2.75) is 26.8 Å². The summed E-state index contributed by atoms with van der Waals surface area (Å²) in [5.74, 6) is -0.215. The van der Waals surface area contributed by atoms with Crippen molar-refractivity contribution in [2.75, 3.05) is 19.8 Å². The zero-order valence-electron chi connectivity index (χ0n) is 11.2. The molecule has 0 aromatic heterocycles. The zero-order chi connectivity index (χ0) is 13.8. The van der Waals surface area contributed by atoms with Crippen molar-refractivity contribution >= 4 is 0 Å². The molecule has 0 fully saturated rings. The van der Waals surface area contributed by atoms with Gasteiger partial charge < -0.3 is 15.5 Å². The minimum absolute atomic E-state index is 0.0301. The normalized spacial score (nSPS) is 13.7. The van der Waals surface area contributed by atoms with E-state index in [1.165, 1.54) is 6.07 Å². The molecular formula is C14H22FNO2. The highest BCUT2D eigenvalue weighted by molar-refractivity contribution is 5.25. The summed E-state index contributed by atoms with van der Waals surface area (Å²) in [6.45, 7) is 5.74. The van der Waals surface area contributed by atoms with E-state index in [0.717, 1.165) is 5.56 Å². The van der Waals surface area contributed by atoms with Gasteiger partial charge in [0, 0.05) is 18.0 Å². The first kappa shape index (κ1) is 15.1. The van der Waals surface area contributed by atoms with Crippen molar-refractivity contribution in [1.29, 1.82) is 0 Å². The summed E-state index contributed by atoms with van der Waals surface area (Å²) in [7, 11) is 0. The fraction of sp³-hybridized carbons (Fsp3) is 0.571. The Bertz CT molecular complexity index is 391. The van der Waals surface area contributed by atoms with Crippen LogP contribution in [-0.4, -0.2) is 30.0 Å². The lowest BCUT2D eigenvalue weighted by Gasteiger charge is -2.27. The molecule has 1 atom stereocenters. The molecule has 102 valence electrons. The molecule has 0 saturated heterocycles. The van der Waals surface area contributed by atoms with E-state index in [4.69, 9.17) is 0 Å².